The Morgan fingerprint density at radius 2 is 2.14 bits per heavy atom. The summed E-state index contributed by atoms with van der Waals surface area (Å²) < 4.78 is 37.4. The molecule has 0 fully saturated rings. The standard InChI is InChI=1S/C18H11BrClF2N3O4/c1-28-17(27)13-12(8-4-7(20)2-3-9(8)29-18(21)22)15-14(16(13)26)24-11-5-23-10(19)6-25(11)15/h2-6,12-13,18H,1H3. The summed E-state index contributed by atoms with van der Waals surface area (Å²) in [5, 5.41) is 0.225. The van der Waals surface area contributed by atoms with Gasteiger partial charge in [-0.1, -0.05) is 11.6 Å². The quantitative estimate of drug-likeness (QED) is 0.411. The molecule has 11 heteroatoms. The molecular formula is C18H11BrClF2N3O4. The summed E-state index contributed by atoms with van der Waals surface area (Å²) in [6.45, 7) is -3.11. The Balaban J connectivity index is 2.01. The molecule has 4 rings (SSSR count). The molecule has 0 radical (unpaired) electrons. The van der Waals surface area contributed by atoms with E-state index in [0.717, 1.165) is 7.11 Å². The number of imidazole rings is 1. The summed E-state index contributed by atoms with van der Waals surface area (Å²) in [7, 11) is 1.14. The third-order valence-corrected chi connectivity index (χ3v) is 5.28. The van der Waals surface area contributed by atoms with Crippen molar-refractivity contribution in [2.24, 2.45) is 5.92 Å². The summed E-state index contributed by atoms with van der Waals surface area (Å²) in [6, 6.07) is 4.03. The van der Waals surface area contributed by atoms with Crippen LogP contribution in [0.25, 0.3) is 5.65 Å². The first-order chi connectivity index (χ1) is 13.8. The molecule has 0 amide bonds. The van der Waals surface area contributed by atoms with Gasteiger partial charge in [0, 0.05) is 16.8 Å². The van der Waals surface area contributed by atoms with Crippen LogP contribution in [0.2, 0.25) is 5.02 Å². The fraction of sp³-hybridized carbons (Fsp3) is 0.222. The van der Waals surface area contributed by atoms with Crippen LogP contribution in [-0.4, -0.2) is 39.8 Å². The number of rotatable bonds is 4. The van der Waals surface area contributed by atoms with E-state index < -0.39 is 30.2 Å². The fourth-order valence-electron chi connectivity index (χ4n) is 3.55. The lowest BCUT2D eigenvalue weighted by Crippen LogP contribution is -2.27. The molecular weight excluding hydrogens is 476 g/mol. The van der Waals surface area contributed by atoms with Gasteiger partial charge >= 0.3 is 12.6 Å². The van der Waals surface area contributed by atoms with Crippen molar-refractivity contribution in [1.29, 1.82) is 0 Å². The number of esters is 1. The number of aromatic nitrogens is 3. The maximum atomic E-state index is 13.0. The minimum atomic E-state index is -3.11. The van der Waals surface area contributed by atoms with Gasteiger partial charge in [-0.15, -0.1) is 0 Å². The van der Waals surface area contributed by atoms with Crippen LogP contribution in [0.15, 0.2) is 35.2 Å². The van der Waals surface area contributed by atoms with Crippen molar-refractivity contribution in [3.8, 4) is 5.75 Å². The van der Waals surface area contributed by atoms with Crippen molar-refractivity contribution in [1.82, 2.24) is 14.4 Å². The highest BCUT2D eigenvalue weighted by Crippen LogP contribution is 2.47. The number of alkyl halides is 2. The van der Waals surface area contributed by atoms with Crippen molar-refractivity contribution in [3.63, 3.8) is 0 Å². The molecule has 0 aliphatic heterocycles. The van der Waals surface area contributed by atoms with E-state index in [-0.39, 0.29) is 22.0 Å². The first kappa shape index (κ1) is 19.7. The van der Waals surface area contributed by atoms with Crippen LogP contribution in [0, 0.1) is 5.92 Å². The molecule has 0 bridgehead atoms. The summed E-state index contributed by atoms with van der Waals surface area (Å²) in [6.07, 6.45) is 3.01. The zero-order chi connectivity index (χ0) is 20.9. The van der Waals surface area contributed by atoms with E-state index in [0.29, 0.717) is 15.9 Å². The number of ether oxygens (including phenoxy) is 2. The number of benzene rings is 1. The molecule has 0 saturated heterocycles. The number of methoxy groups -OCH3 is 1. The van der Waals surface area contributed by atoms with Crippen LogP contribution in [-0.2, 0) is 9.53 Å². The van der Waals surface area contributed by atoms with E-state index in [1.54, 1.807) is 10.6 Å². The largest absolute Gasteiger partial charge is 0.468 e. The summed E-state index contributed by atoms with van der Waals surface area (Å²) in [4.78, 5) is 33.8. The number of carbonyl (C=O) groups excluding carboxylic acids is 2. The molecule has 0 spiro atoms. The van der Waals surface area contributed by atoms with Crippen molar-refractivity contribution >= 4 is 44.9 Å². The minimum Gasteiger partial charge on any atom is -0.468 e. The molecule has 2 atom stereocenters. The molecule has 2 unspecified atom stereocenters. The van der Waals surface area contributed by atoms with E-state index in [4.69, 9.17) is 16.3 Å². The highest BCUT2D eigenvalue weighted by Gasteiger charge is 2.50. The van der Waals surface area contributed by atoms with Crippen molar-refractivity contribution in [2.75, 3.05) is 7.11 Å². The molecule has 2 aromatic heterocycles. The lowest BCUT2D eigenvalue weighted by molar-refractivity contribution is -0.143. The summed E-state index contributed by atoms with van der Waals surface area (Å²) >= 11 is 9.34. The number of Topliss-reactive ketones (excluding diaryl/α,β-unsaturated/α-hetero) is 1. The zero-order valence-corrected chi connectivity index (χ0v) is 16.9. The third kappa shape index (κ3) is 3.25. The molecule has 1 aromatic carbocycles. The number of fused-ring (bicyclic) bond motifs is 3. The average Bonchev–Trinajstić information content (AvgIpc) is 3.17. The van der Waals surface area contributed by atoms with Crippen LogP contribution in [0.1, 0.15) is 27.7 Å². The van der Waals surface area contributed by atoms with Gasteiger partial charge in [0.2, 0.25) is 0 Å². The maximum absolute atomic E-state index is 13.0. The fourth-order valence-corrected chi connectivity index (χ4v) is 4.03. The molecule has 0 saturated carbocycles. The van der Waals surface area contributed by atoms with Gasteiger partial charge in [0.15, 0.2) is 11.4 Å². The summed E-state index contributed by atoms with van der Waals surface area (Å²) in [5.41, 5.74) is 0.881. The maximum Gasteiger partial charge on any atom is 0.387 e. The highest BCUT2D eigenvalue weighted by atomic mass is 79.9. The van der Waals surface area contributed by atoms with Crippen molar-refractivity contribution < 1.29 is 27.8 Å². The van der Waals surface area contributed by atoms with Crippen LogP contribution < -0.4 is 4.74 Å². The van der Waals surface area contributed by atoms with Gasteiger partial charge in [-0.3, -0.25) is 14.0 Å². The molecule has 29 heavy (non-hydrogen) atoms. The number of nitrogens with zero attached hydrogens (tertiary/aromatic N) is 3. The lowest BCUT2D eigenvalue weighted by Gasteiger charge is -2.21. The lowest BCUT2D eigenvalue weighted by atomic mass is 9.86. The SMILES string of the molecule is COC(=O)C1C(=O)c2nc3cnc(Br)cn3c2C1c1cc(Cl)ccc1OC(F)F. The normalized spacial score (nSPS) is 18.3. The van der Waals surface area contributed by atoms with E-state index in [1.807, 2.05) is 0 Å². The van der Waals surface area contributed by atoms with Gasteiger partial charge in [-0.2, -0.15) is 8.78 Å². The van der Waals surface area contributed by atoms with Crippen molar-refractivity contribution in [3.05, 3.63) is 57.2 Å². The Kier molecular flexibility index (Phi) is 4.99. The molecule has 3 aromatic rings. The van der Waals surface area contributed by atoms with Crippen molar-refractivity contribution in [2.45, 2.75) is 12.5 Å². The second kappa shape index (κ2) is 7.34. The number of ketones is 1. The Morgan fingerprint density at radius 1 is 1.38 bits per heavy atom. The average molecular weight is 487 g/mol. The molecule has 1 aliphatic carbocycles. The van der Waals surface area contributed by atoms with Gasteiger partial charge in [-0.05, 0) is 34.1 Å². The van der Waals surface area contributed by atoms with Gasteiger partial charge in [0.1, 0.15) is 22.0 Å². The Labute approximate surface area is 175 Å². The molecule has 7 nitrogen and oxygen atoms in total. The Bertz CT molecular complexity index is 1150. The predicted octanol–water partition coefficient (Wildman–Crippen LogP) is 3.86. The van der Waals surface area contributed by atoms with Gasteiger partial charge in [-0.25, -0.2) is 9.97 Å². The molecule has 1 aliphatic rings. The predicted molar refractivity (Wildman–Crippen MR) is 100 cm³/mol. The number of hydrogen-bond donors (Lipinski definition) is 0. The molecule has 2 heterocycles. The van der Waals surface area contributed by atoms with Crippen LogP contribution in [0.3, 0.4) is 0 Å². The van der Waals surface area contributed by atoms with Gasteiger partial charge in [0.25, 0.3) is 0 Å². The van der Waals surface area contributed by atoms with E-state index >= 15 is 0 Å². The second-order valence-corrected chi connectivity index (χ2v) is 7.44. The van der Waals surface area contributed by atoms with E-state index in [9.17, 15) is 18.4 Å². The summed E-state index contributed by atoms with van der Waals surface area (Å²) in [5.74, 6) is -3.92. The van der Waals surface area contributed by atoms with Crippen LogP contribution >= 0.6 is 27.5 Å². The second-order valence-electron chi connectivity index (χ2n) is 6.19. The number of hydrogen-bond acceptors (Lipinski definition) is 6. The molecule has 0 N–H and O–H groups in total. The monoisotopic (exact) mass is 485 g/mol. The topological polar surface area (TPSA) is 82.8 Å². The minimum absolute atomic E-state index is 0.0354. The van der Waals surface area contributed by atoms with E-state index in [2.05, 4.69) is 30.6 Å². The Morgan fingerprint density at radius 3 is 2.83 bits per heavy atom. The van der Waals surface area contributed by atoms with E-state index in [1.165, 1.54) is 24.4 Å². The third-order valence-electron chi connectivity index (χ3n) is 4.64. The first-order valence-electron chi connectivity index (χ1n) is 8.21. The van der Waals surface area contributed by atoms with Gasteiger partial charge in [0.05, 0.1) is 24.9 Å². The van der Waals surface area contributed by atoms with Crippen LogP contribution in [0.4, 0.5) is 8.78 Å². The number of carbonyl (C=O) groups is 2. The zero-order valence-electron chi connectivity index (χ0n) is 14.6. The smallest absolute Gasteiger partial charge is 0.387 e. The first-order valence-corrected chi connectivity index (χ1v) is 9.38. The molecule has 150 valence electrons. The van der Waals surface area contributed by atoms with Gasteiger partial charge < -0.3 is 9.47 Å². The highest BCUT2D eigenvalue weighted by molar-refractivity contribution is 9.10. The number of halogens is 4. The Hall–Kier alpha value is -2.59. The van der Waals surface area contributed by atoms with Crippen LogP contribution in [0.5, 0.6) is 5.75 Å².